The van der Waals surface area contributed by atoms with E-state index in [1.165, 1.54) is 51.4 Å². The smallest absolute Gasteiger partial charge is 0.171 e. The van der Waals surface area contributed by atoms with Crippen molar-refractivity contribution in [1.29, 1.82) is 0 Å². The molecule has 0 nitrogen and oxygen atoms in total. The fourth-order valence-corrected chi connectivity index (χ4v) is 4.27. The third-order valence-corrected chi connectivity index (χ3v) is 6.04. The largest absolute Gasteiger partial charge is 0.391 e. The lowest BCUT2D eigenvalue weighted by molar-refractivity contribution is -0.182. The molecule has 0 unspecified atom stereocenters. The molecule has 2 aliphatic rings. The Morgan fingerprint density at radius 3 is 2.20 bits per heavy atom. The summed E-state index contributed by atoms with van der Waals surface area (Å²) in [6.07, 6.45) is 12.5. The van der Waals surface area contributed by atoms with Crippen molar-refractivity contribution in [3.8, 4) is 11.8 Å². The lowest BCUT2D eigenvalue weighted by Crippen LogP contribution is -2.27. The van der Waals surface area contributed by atoms with Crippen LogP contribution in [-0.2, 0) is 0 Å². The van der Waals surface area contributed by atoms with Gasteiger partial charge in [-0.1, -0.05) is 50.5 Å². The average molecular weight is 355 g/mol. The van der Waals surface area contributed by atoms with Crippen LogP contribution in [0.3, 0.4) is 0 Å². The molecule has 0 atom stereocenters. The Bertz CT molecular complexity index is 450. The molecule has 0 bridgehead atoms. The number of hydrogen-bond acceptors (Lipinski definition) is 0. The lowest BCUT2D eigenvalue weighted by atomic mass is 9.79. The highest BCUT2D eigenvalue weighted by atomic mass is 19.4. The van der Waals surface area contributed by atoms with Crippen LogP contribution >= 0.6 is 0 Å². The first-order valence-corrected chi connectivity index (χ1v) is 10.2. The topological polar surface area (TPSA) is 0 Å². The third kappa shape index (κ3) is 7.47. The molecule has 142 valence electrons. The van der Waals surface area contributed by atoms with Gasteiger partial charge in [0, 0.05) is 5.92 Å². The van der Waals surface area contributed by atoms with Crippen LogP contribution in [0.25, 0.3) is 0 Å². The van der Waals surface area contributed by atoms with Gasteiger partial charge in [0.15, 0.2) is 0 Å². The van der Waals surface area contributed by atoms with Gasteiger partial charge in [0.2, 0.25) is 0 Å². The summed E-state index contributed by atoms with van der Waals surface area (Å²) >= 11 is 0. The van der Waals surface area contributed by atoms with Gasteiger partial charge in [0.25, 0.3) is 0 Å². The van der Waals surface area contributed by atoms with E-state index in [-0.39, 0.29) is 18.8 Å². The van der Waals surface area contributed by atoms with Crippen LogP contribution in [0.2, 0.25) is 0 Å². The third-order valence-electron chi connectivity index (χ3n) is 6.04. The highest BCUT2D eigenvalue weighted by Crippen LogP contribution is 2.39. The monoisotopic (exact) mass is 354 g/mol. The second kappa shape index (κ2) is 10.3. The Balaban J connectivity index is 1.64. The number of unbranched alkanes of at least 4 members (excludes halogenated alkanes) is 2. The van der Waals surface area contributed by atoms with E-state index >= 15 is 0 Å². The first kappa shape index (κ1) is 20.4. The first-order chi connectivity index (χ1) is 12.0. The molecule has 0 N–H and O–H groups in total. The molecule has 2 aliphatic carbocycles. The summed E-state index contributed by atoms with van der Waals surface area (Å²) in [7, 11) is 0. The summed E-state index contributed by atoms with van der Waals surface area (Å²) in [6.45, 7) is 2.25. The predicted molar refractivity (Wildman–Crippen MR) is 98.0 cm³/mol. The number of hydrogen-bond donors (Lipinski definition) is 0. The highest BCUT2D eigenvalue weighted by molar-refractivity contribution is 5.18. The SMILES string of the molecule is CCCCC[C@H]1CC[C@H](C=CC#C[C@H]2CC[C@H](C(F)(F)F)CC2)CC1. The van der Waals surface area contributed by atoms with Crippen molar-refractivity contribution in [3.05, 3.63) is 12.2 Å². The lowest BCUT2D eigenvalue weighted by Gasteiger charge is -2.27. The summed E-state index contributed by atoms with van der Waals surface area (Å²) < 4.78 is 37.9. The average Bonchev–Trinajstić information content (AvgIpc) is 2.60. The van der Waals surface area contributed by atoms with Crippen molar-refractivity contribution in [1.82, 2.24) is 0 Å². The van der Waals surface area contributed by atoms with Gasteiger partial charge in [-0.25, -0.2) is 0 Å². The molecule has 0 aromatic heterocycles. The molecular formula is C22H33F3. The molecule has 0 aromatic carbocycles. The van der Waals surface area contributed by atoms with Gasteiger partial charge >= 0.3 is 6.18 Å². The molecular weight excluding hydrogens is 321 g/mol. The molecule has 3 heteroatoms. The molecule has 0 spiro atoms. The molecule has 0 aliphatic heterocycles. The number of alkyl halides is 3. The van der Waals surface area contributed by atoms with Crippen molar-refractivity contribution < 1.29 is 13.2 Å². The minimum atomic E-state index is -4.02. The van der Waals surface area contributed by atoms with E-state index in [1.54, 1.807) is 0 Å². The Morgan fingerprint density at radius 2 is 1.60 bits per heavy atom. The number of halogens is 3. The second-order valence-electron chi connectivity index (χ2n) is 8.01. The van der Waals surface area contributed by atoms with Gasteiger partial charge in [-0.15, -0.1) is 0 Å². The van der Waals surface area contributed by atoms with E-state index < -0.39 is 12.1 Å². The van der Waals surface area contributed by atoms with Crippen LogP contribution in [0.1, 0.15) is 84.0 Å². The molecule has 0 saturated heterocycles. The van der Waals surface area contributed by atoms with Crippen LogP contribution in [0.4, 0.5) is 13.2 Å². The number of allylic oxidation sites excluding steroid dienone is 2. The highest BCUT2D eigenvalue weighted by Gasteiger charge is 2.41. The molecule has 0 aromatic rings. The quantitative estimate of drug-likeness (QED) is 0.359. The van der Waals surface area contributed by atoms with Gasteiger partial charge in [-0.05, 0) is 69.3 Å². The van der Waals surface area contributed by atoms with Gasteiger partial charge in [-0.3, -0.25) is 0 Å². The zero-order chi connectivity index (χ0) is 18.1. The fraction of sp³-hybridized carbons (Fsp3) is 0.818. The van der Waals surface area contributed by atoms with Crippen molar-refractivity contribution >= 4 is 0 Å². The van der Waals surface area contributed by atoms with E-state index in [1.807, 2.05) is 6.08 Å². The summed E-state index contributed by atoms with van der Waals surface area (Å²) in [6, 6.07) is 0. The molecule has 2 fully saturated rings. The molecule has 2 saturated carbocycles. The summed E-state index contributed by atoms with van der Waals surface area (Å²) in [5, 5.41) is 0. The van der Waals surface area contributed by atoms with Crippen LogP contribution < -0.4 is 0 Å². The van der Waals surface area contributed by atoms with Gasteiger partial charge in [0.05, 0.1) is 5.92 Å². The van der Waals surface area contributed by atoms with Crippen molar-refractivity contribution in [3.63, 3.8) is 0 Å². The molecule has 2 rings (SSSR count). The fourth-order valence-electron chi connectivity index (χ4n) is 4.27. The van der Waals surface area contributed by atoms with Crippen molar-refractivity contribution in [2.45, 2.75) is 90.1 Å². The normalized spacial score (nSPS) is 30.9. The Morgan fingerprint density at radius 1 is 0.920 bits per heavy atom. The van der Waals surface area contributed by atoms with E-state index in [4.69, 9.17) is 0 Å². The van der Waals surface area contributed by atoms with E-state index in [9.17, 15) is 13.2 Å². The first-order valence-electron chi connectivity index (χ1n) is 10.2. The molecule has 0 amide bonds. The Labute approximate surface area is 151 Å². The van der Waals surface area contributed by atoms with Crippen LogP contribution in [0, 0.1) is 35.5 Å². The van der Waals surface area contributed by atoms with Gasteiger partial charge in [-0.2, -0.15) is 13.2 Å². The van der Waals surface area contributed by atoms with E-state index in [2.05, 4.69) is 24.8 Å². The molecule has 0 radical (unpaired) electrons. The zero-order valence-corrected chi connectivity index (χ0v) is 15.6. The minimum Gasteiger partial charge on any atom is -0.171 e. The minimum absolute atomic E-state index is 0.151. The zero-order valence-electron chi connectivity index (χ0n) is 15.6. The Hall–Kier alpha value is -0.910. The molecule has 0 heterocycles. The van der Waals surface area contributed by atoms with Gasteiger partial charge < -0.3 is 0 Å². The van der Waals surface area contributed by atoms with Crippen LogP contribution in [0.15, 0.2) is 12.2 Å². The maximum absolute atomic E-state index is 12.6. The standard InChI is InChI=1S/C22H33F3/c1-2-3-4-7-18-10-12-19(13-11-18)8-5-6-9-20-14-16-21(17-15-20)22(23,24)25/h5,8,18-21H,2-4,7,10-17H2,1H3/t18-,19-,20-,21-. The summed E-state index contributed by atoms with van der Waals surface area (Å²) in [4.78, 5) is 0. The summed E-state index contributed by atoms with van der Waals surface area (Å²) in [5.41, 5.74) is 0. The number of rotatable bonds is 5. The van der Waals surface area contributed by atoms with Crippen molar-refractivity contribution in [2.75, 3.05) is 0 Å². The van der Waals surface area contributed by atoms with E-state index in [0.717, 1.165) is 5.92 Å². The summed E-state index contributed by atoms with van der Waals surface area (Å²) in [5.74, 6) is 6.89. The second-order valence-corrected chi connectivity index (χ2v) is 8.01. The molecule has 25 heavy (non-hydrogen) atoms. The van der Waals surface area contributed by atoms with Gasteiger partial charge in [0.1, 0.15) is 0 Å². The Kier molecular flexibility index (Phi) is 8.40. The predicted octanol–water partition coefficient (Wildman–Crippen LogP) is 7.30. The van der Waals surface area contributed by atoms with Crippen molar-refractivity contribution in [2.24, 2.45) is 23.7 Å². The van der Waals surface area contributed by atoms with Crippen LogP contribution in [0.5, 0.6) is 0 Å². The maximum atomic E-state index is 12.6. The van der Waals surface area contributed by atoms with E-state index in [0.29, 0.717) is 18.8 Å². The maximum Gasteiger partial charge on any atom is 0.391 e. The van der Waals surface area contributed by atoms with Crippen LogP contribution in [-0.4, -0.2) is 6.18 Å².